The second-order valence-electron chi connectivity index (χ2n) is 6.91. The largest absolute Gasteiger partial charge is 0.353 e. The number of piperidine rings is 1. The Morgan fingerprint density at radius 2 is 1.79 bits per heavy atom. The molecule has 0 spiro atoms. The second-order valence-corrected chi connectivity index (χ2v) is 7.96. The van der Waals surface area contributed by atoms with Crippen LogP contribution in [0.5, 0.6) is 0 Å². The molecule has 2 fully saturated rings. The Hall–Kier alpha value is -1.52. The van der Waals surface area contributed by atoms with Crippen LogP contribution in [-0.2, 0) is 4.79 Å². The van der Waals surface area contributed by atoms with E-state index in [4.69, 9.17) is 0 Å². The number of nitrogens with one attached hydrogen (secondary N) is 1. The van der Waals surface area contributed by atoms with Gasteiger partial charge in [-0.25, -0.2) is 0 Å². The van der Waals surface area contributed by atoms with E-state index in [9.17, 15) is 4.79 Å². The molecular weight excluding hydrogens is 316 g/mol. The number of amides is 1. The fourth-order valence-electron chi connectivity index (χ4n) is 3.52. The second kappa shape index (κ2) is 7.16. The SMILES string of the molecule is O=C(CSc1ccc2ccccc2c1)NC1CCN(C2CC2)CC1. The Bertz CT molecular complexity index is 720. The van der Waals surface area contributed by atoms with Crippen molar-refractivity contribution in [1.29, 1.82) is 0 Å². The fourth-order valence-corrected chi connectivity index (χ4v) is 4.28. The molecule has 1 saturated carbocycles. The summed E-state index contributed by atoms with van der Waals surface area (Å²) in [7, 11) is 0. The standard InChI is InChI=1S/C20H24N2OS/c23-20(21-17-9-11-22(12-10-17)18-6-7-18)14-24-19-8-5-15-3-1-2-4-16(15)13-19/h1-5,8,13,17-18H,6-7,9-12,14H2,(H,21,23). The number of benzene rings is 2. The molecule has 0 atom stereocenters. The van der Waals surface area contributed by atoms with Crippen LogP contribution in [0, 0.1) is 0 Å². The van der Waals surface area contributed by atoms with E-state index >= 15 is 0 Å². The summed E-state index contributed by atoms with van der Waals surface area (Å²) in [6, 6.07) is 16.0. The Morgan fingerprint density at radius 1 is 1.04 bits per heavy atom. The van der Waals surface area contributed by atoms with E-state index in [1.165, 1.54) is 23.6 Å². The van der Waals surface area contributed by atoms with Crippen LogP contribution in [-0.4, -0.2) is 41.7 Å². The van der Waals surface area contributed by atoms with Crippen LogP contribution < -0.4 is 5.32 Å². The third-order valence-electron chi connectivity index (χ3n) is 5.05. The highest BCUT2D eigenvalue weighted by atomic mass is 32.2. The summed E-state index contributed by atoms with van der Waals surface area (Å²) >= 11 is 1.62. The first-order valence-electron chi connectivity index (χ1n) is 8.93. The van der Waals surface area contributed by atoms with Gasteiger partial charge in [0.05, 0.1) is 5.75 Å². The van der Waals surface area contributed by atoms with E-state index < -0.39 is 0 Å². The average molecular weight is 340 g/mol. The number of carbonyl (C=O) groups excluding carboxylic acids is 1. The lowest BCUT2D eigenvalue weighted by Gasteiger charge is -2.32. The van der Waals surface area contributed by atoms with Crippen LogP contribution in [0.2, 0.25) is 0 Å². The molecule has 3 nitrogen and oxygen atoms in total. The third kappa shape index (κ3) is 3.93. The predicted octanol–water partition coefficient (Wildman–Crippen LogP) is 3.67. The highest BCUT2D eigenvalue weighted by Crippen LogP contribution is 2.29. The summed E-state index contributed by atoms with van der Waals surface area (Å²) in [5.41, 5.74) is 0. The van der Waals surface area contributed by atoms with E-state index in [1.54, 1.807) is 11.8 Å². The molecule has 0 radical (unpaired) electrons. The van der Waals surface area contributed by atoms with Crippen LogP contribution in [0.1, 0.15) is 25.7 Å². The zero-order valence-electron chi connectivity index (χ0n) is 13.9. The van der Waals surface area contributed by atoms with Gasteiger partial charge in [-0.05, 0) is 48.6 Å². The number of hydrogen-bond acceptors (Lipinski definition) is 3. The summed E-state index contributed by atoms with van der Waals surface area (Å²) in [6.45, 7) is 2.29. The summed E-state index contributed by atoms with van der Waals surface area (Å²) in [4.78, 5) is 16.0. The molecule has 1 aliphatic heterocycles. The lowest BCUT2D eigenvalue weighted by Crippen LogP contribution is -2.45. The van der Waals surface area contributed by atoms with Crippen LogP contribution in [0.15, 0.2) is 47.4 Å². The van der Waals surface area contributed by atoms with Gasteiger partial charge in [0.25, 0.3) is 0 Å². The van der Waals surface area contributed by atoms with Crippen LogP contribution in [0.4, 0.5) is 0 Å². The quantitative estimate of drug-likeness (QED) is 0.843. The first-order chi connectivity index (χ1) is 11.8. The van der Waals surface area contributed by atoms with Gasteiger partial charge in [0.15, 0.2) is 0 Å². The first-order valence-corrected chi connectivity index (χ1v) is 9.91. The van der Waals surface area contributed by atoms with Crippen molar-refractivity contribution in [3.05, 3.63) is 42.5 Å². The van der Waals surface area contributed by atoms with Crippen LogP contribution in [0.25, 0.3) is 10.8 Å². The molecule has 24 heavy (non-hydrogen) atoms. The van der Waals surface area contributed by atoms with E-state index in [2.05, 4.69) is 52.7 Å². The molecular formula is C20H24N2OS. The van der Waals surface area contributed by atoms with Crippen LogP contribution >= 0.6 is 11.8 Å². The molecule has 2 aliphatic rings. The minimum Gasteiger partial charge on any atom is -0.353 e. The molecule has 1 N–H and O–H groups in total. The van der Waals surface area contributed by atoms with Gasteiger partial charge in [-0.15, -0.1) is 11.8 Å². The molecule has 0 unspecified atom stereocenters. The van der Waals surface area contributed by atoms with Crippen molar-refractivity contribution < 1.29 is 4.79 Å². The maximum absolute atomic E-state index is 12.2. The molecule has 1 aliphatic carbocycles. The van der Waals surface area contributed by atoms with E-state index in [0.29, 0.717) is 11.8 Å². The summed E-state index contributed by atoms with van der Waals surface area (Å²) < 4.78 is 0. The highest BCUT2D eigenvalue weighted by molar-refractivity contribution is 8.00. The van der Waals surface area contributed by atoms with Gasteiger partial charge in [0, 0.05) is 30.1 Å². The van der Waals surface area contributed by atoms with Crippen molar-refractivity contribution in [3.63, 3.8) is 0 Å². The van der Waals surface area contributed by atoms with Gasteiger partial charge in [0.2, 0.25) is 5.91 Å². The Balaban J connectivity index is 1.25. The number of hydrogen-bond donors (Lipinski definition) is 1. The number of likely N-dealkylation sites (tertiary alicyclic amines) is 1. The fraction of sp³-hybridized carbons (Fsp3) is 0.450. The summed E-state index contributed by atoms with van der Waals surface area (Å²) in [5.74, 6) is 0.666. The molecule has 4 rings (SSSR count). The van der Waals surface area contributed by atoms with Gasteiger partial charge in [-0.3, -0.25) is 4.79 Å². The summed E-state index contributed by atoms with van der Waals surface area (Å²) in [6.07, 6.45) is 4.95. The smallest absolute Gasteiger partial charge is 0.230 e. The number of rotatable bonds is 5. The zero-order valence-corrected chi connectivity index (χ0v) is 14.7. The molecule has 4 heteroatoms. The zero-order chi connectivity index (χ0) is 16.4. The van der Waals surface area contributed by atoms with Crippen molar-refractivity contribution in [1.82, 2.24) is 10.2 Å². The molecule has 126 valence electrons. The minimum atomic E-state index is 0.165. The predicted molar refractivity (Wildman–Crippen MR) is 100 cm³/mol. The topological polar surface area (TPSA) is 32.3 Å². The molecule has 1 saturated heterocycles. The van der Waals surface area contributed by atoms with Gasteiger partial charge >= 0.3 is 0 Å². The third-order valence-corrected chi connectivity index (χ3v) is 6.04. The van der Waals surface area contributed by atoms with Crippen molar-refractivity contribution in [2.24, 2.45) is 0 Å². The van der Waals surface area contributed by atoms with E-state index in [0.717, 1.165) is 36.9 Å². The average Bonchev–Trinajstić information content (AvgIpc) is 3.46. The highest BCUT2D eigenvalue weighted by Gasteiger charge is 2.31. The maximum Gasteiger partial charge on any atom is 0.230 e. The monoisotopic (exact) mass is 340 g/mol. The lowest BCUT2D eigenvalue weighted by atomic mass is 10.1. The van der Waals surface area contributed by atoms with Crippen molar-refractivity contribution in [2.45, 2.75) is 42.7 Å². The molecule has 1 heterocycles. The molecule has 2 aromatic carbocycles. The van der Waals surface area contributed by atoms with Gasteiger partial charge in [0.1, 0.15) is 0 Å². The number of fused-ring (bicyclic) bond motifs is 1. The Labute approximate surface area is 147 Å². The first kappa shape index (κ1) is 16.0. The lowest BCUT2D eigenvalue weighted by molar-refractivity contribution is -0.119. The number of nitrogens with zero attached hydrogens (tertiary/aromatic N) is 1. The van der Waals surface area contributed by atoms with Gasteiger partial charge in [-0.2, -0.15) is 0 Å². The van der Waals surface area contributed by atoms with Crippen molar-refractivity contribution in [2.75, 3.05) is 18.8 Å². The molecule has 0 bridgehead atoms. The maximum atomic E-state index is 12.2. The summed E-state index contributed by atoms with van der Waals surface area (Å²) in [5, 5.41) is 5.70. The number of thioether (sulfide) groups is 1. The molecule has 1 amide bonds. The van der Waals surface area contributed by atoms with E-state index in [-0.39, 0.29) is 5.91 Å². The van der Waals surface area contributed by atoms with Gasteiger partial charge in [-0.1, -0.05) is 30.3 Å². The Morgan fingerprint density at radius 3 is 2.54 bits per heavy atom. The number of carbonyl (C=O) groups is 1. The molecule has 2 aromatic rings. The van der Waals surface area contributed by atoms with Crippen molar-refractivity contribution in [3.8, 4) is 0 Å². The van der Waals surface area contributed by atoms with E-state index in [1.807, 2.05) is 0 Å². The minimum absolute atomic E-state index is 0.165. The van der Waals surface area contributed by atoms with Crippen molar-refractivity contribution >= 4 is 28.4 Å². The Kier molecular flexibility index (Phi) is 4.76. The van der Waals surface area contributed by atoms with Gasteiger partial charge < -0.3 is 10.2 Å². The molecule has 0 aromatic heterocycles. The van der Waals surface area contributed by atoms with Crippen LogP contribution in [0.3, 0.4) is 0 Å². The normalized spacial score (nSPS) is 19.5.